The lowest BCUT2D eigenvalue weighted by atomic mass is 10.1. The third-order valence-corrected chi connectivity index (χ3v) is 2.73. The fraction of sp³-hybridized carbons (Fsp3) is 0.600. The molecule has 0 aliphatic heterocycles. The first kappa shape index (κ1) is 17.4. The fourth-order valence-electron chi connectivity index (χ4n) is 1.59. The molecule has 0 radical (unpaired) electrons. The molecule has 3 heteroatoms. The number of ether oxygens (including phenoxy) is 1. The van der Waals surface area contributed by atoms with Crippen molar-refractivity contribution < 1.29 is 4.74 Å². The number of hydrogen-bond acceptors (Lipinski definition) is 2. The van der Waals surface area contributed by atoms with Gasteiger partial charge in [0.1, 0.15) is 0 Å². The zero-order chi connectivity index (χ0) is 12.3. The van der Waals surface area contributed by atoms with Crippen LogP contribution in [0.5, 0.6) is 0 Å². The van der Waals surface area contributed by atoms with Gasteiger partial charge in [0, 0.05) is 19.8 Å². The summed E-state index contributed by atoms with van der Waals surface area (Å²) in [7, 11) is 0. The topological polar surface area (TPSA) is 21.3 Å². The van der Waals surface area contributed by atoms with Crippen molar-refractivity contribution in [1.82, 2.24) is 5.32 Å². The van der Waals surface area contributed by atoms with Gasteiger partial charge in [-0.2, -0.15) is 0 Å². The Balaban J connectivity index is 0.00000289. The third kappa shape index (κ3) is 8.51. The van der Waals surface area contributed by atoms with Crippen LogP contribution in [-0.4, -0.2) is 19.8 Å². The Morgan fingerprint density at radius 3 is 2.39 bits per heavy atom. The summed E-state index contributed by atoms with van der Waals surface area (Å²) in [6.45, 7) is 8.07. The first-order valence-electron chi connectivity index (χ1n) is 6.67. The van der Waals surface area contributed by atoms with Crippen molar-refractivity contribution >= 4 is 12.4 Å². The minimum atomic E-state index is 0. The molecule has 0 fully saturated rings. The van der Waals surface area contributed by atoms with E-state index in [1.54, 1.807) is 0 Å². The Morgan fingerprint density at radius 2 is 1.72 bits per heavy atom. The number of benzene rings is 1. The van der Waals surface area contributed by atoms with Crippen molar-refractivity contribution in [2.24, 2.45) is 0 Å². The Labute approximate surface area is 118 Å². The smallest absolute Gasteiger partial charge is 0.0478 e. The average Bonchev–Trinajstić information content (AvgIpc) is 2.35. The van der Waals surface area contributed by atoms with Crippen LogP contribution in [0, 0.1) is 6.92 Å². The zero-order valence-corrected chi connectivity index (χ0v) is 12.4. The number of aryl methyl sites for hydroxylation is 1. The highest BCUT2D eigenvalue weighted by atomic mass is 35.5. The maximum atomic E-state index is 5.50. The number of rotatable bonds is 9. The van der Waals surface area contributed by atoms with E-state index >= 15 is 0 Å². The van der Waals surface area contributed by atoms with E-state index < -0.39 is 0 Å². The largest absolute Gasteiger partial charge is 0.381 e. The molecule has 1 rings (SSSR count). The van der Waals surface area contributed by atoms with Crippen LogP contribution in [0.25, 0.3) is 0 Å². The lowest BCUT2D eigenvalue weighted by Gasteiger charge is -2.06. The fourth-order valence-corrected chi connectivity index (χ4v) is 1.59. The molecule has 0 aliphatic rings. The maximum absolute atomic E-state index is 5.50. The number of unbranched alkanes of at least 4 members (excludes halogenated alkanes) is 1. The first-order valence-corrected chi connectivity index (χ1v) is 6.67. The van der Waals surface area contributed by atoms with Crippen LogP contribution in [0.2, 0.25) is 0 Å². The lowest BCUT2D eigenvalue weighted by Crippen LogP contribution is -2.16. The zero-order valence-electron chi connectivity index (χ0n) is 11.6. The predicted octanol–water partition coefficient (Wildman–Crippen LogP) is 3.71. The van der Waals surface area contributed by atoms with Crippen LogP contribution in [-0.2, 0) is 11.3 Å². The molecular formula is C15H26ClNO. The molecule has 0 heterocycles. The van der Waals surface area contributed by atoms with Gasteiger partial charge in [0.15, 0.2) is 0 Å². The highest BCUT2D eigenvalue weighted by molar-refractivity contribution is 5.85. The third-order valence-electron chi connectivity index (χ3n) is 2.73. The van der Waals surface area contributed by atoms with Crippen molar-refractivity contribution in [2.45, 2.75) is 39.7 Å². The average molecular weight is 272 g/mol. The molecule has 104 valence electrons. The van der Waals surface area contributed by atoms with Gasteiger partial charge in [0.05, 0.1) is 0 Å². The molecule has 0 aromatic heterocycles. The van der Waals surface area contributed by atoms with E-state index in [-0.39, 0.29) is 12.4 Å². The minimum Gasteiger partial charge on any atom is -0.381 e. The van der Waals surface area contributed by atoms with E-state index in [9.17, 15) is 0 Å². The molecule has 1 aromatic rings. The summed E-state index contributed by atoms with van der Waals surface area (Å²) in [4.78, 5) is 0. The molecule has 0 amide bonds. The summed E-state index contributed by atoms with van der Waals surface area (Å²) in [6.07, 6.45) is 3.48. The Morgan fingerprint density at radius 1 is 1.06 bits per heavy atom. The summed E-state index contributed by atoms with van der Waals surface area (Å²) in [5, 5.41) is 3.43. The molecule has 0 aliphatic carbocycles. The Kier molecular flexibility index (Phi) is 11.2. The normalized spacial score (nSPS) is 10.1. The van der Waals surface area contributed by atoms with Crippen LogP contribution >= 0.6 is 12.4 Å². The van der Waals surface area contributed by atoms with Gasteiger partial charge in [0.25, 0.3) is 0 Å². The molecule has 0 saturated heterocycles. The number of nitrogens with one attached hydrogen (secondary N) is 1. The molecular weight excluding hydrogens is 246 g/mol. The van der Waals surface area contributed by atoms with Crippen LogP contribution in [0.15, 0.2) is 24.3 Å². The standard InChI is InChI=1S/C15H25NO.ClH/c1-3-4-11-17-12-5-10-16-13-15-8-6-14(2)7-9-15;/h6-9,16H,3-5,10-13H2,1-2H3;1H. The summed E-state index contributed by atoms with van der Waals surface area (Å²) in [5.41, 5.74) is 2.67. The second-order valence-corrected chi connectivity index (χ2v) is 4.48. The second-order valence-electron chi connectivity index (χ2n) is 4.48. The highest BCUT2D eigenvalue weighted by Gasteiger charge is 1.93. The molecule has 1 aromatic carbocycles. The summed E-state index contributed by atoms with van der Waals surface area (Å²) in [5.74, 6) is 0. The van der Waals surface area contributed by atoms with Crippen molar-refractivity contribution in [3.63, 3.8) is 0 Å². The van der Waals surface area contributed by atoms with Gasteiger partial charge in [-0.25, -0.2) is 0 Å². The van der Waals surface area contributed by atoms with E-state index in [4.69, 9.17) is 4.74 Å². The number of halogens is 1. The Bertz CT molecular complexity index is 287. The molecule has 2 nitrogen and oxygen atoms in total. The van der Waals surface area contributed by atoms with E-state index in [0.29, 0.717) is 0 Å². The summed E-state index contributed by atoms with van der Waals surface area (Å²) >= 11 is 0. The van der Waals surface area contributed by atoms with Crippen molar-refractivity contribution in [1.29, 1.82) is 0 Å². The van der Waals surface area contributed by atoms with Crippen LogP contribution in [0.3, 0.4) is 0 Å². The predicted molar refractivity (Wildman–Crippen MR) is 80.5 cm³/mol. The molecule has 0 saturated carbocycles. The van der Waals surface area contributed by atoms with E-state index in [1.807, 2.05) is 0 Å². The van der Waals surface area contributed by atoms with Crippen molar-refractivity contribution in [3.05, 3.63) is 35.4 Å². The van der Waals surface area contributed by atoms with Gasteiger partial charge in [-0.3, -0.25) is 0 Å². The molecule has 1 N–H and O–H groups in total. The SMILES string of the molecule is CCCCOCCCNCc1ccc(C)cc1.Cl. The van der Waals surface area contributed by atoms with Crippen LogP contribution < -0.4 is 5.32 Å². The number of hydrogen-bond donors (Lipinski definition) is 1. The minimum absolute atomic E-state index is 0. The van der Waals surface area contributed by atoms with E-state index in [1.165, 1.54) is 24.0 Å². The first-order chi connectivity index (χ1) is 8.33. The molecule has 0 bridgehead atoms. The van der Waals surface area contributed by atoms with Gasteiger partial charge >= 0.3 is 0 Å². The Hall–Kier alpha value is -0.570. The lowest BCUT2D eigenvalue weighted by molar-refractivity contribution is 0.129. The van der Waals surface area contributed by atoms with Crippen molar-refractivity contribution in [3.8, 4) is 0 Å². The quantitative estimate of drug-likeness (QED) is 0.692. The molecule has 18 heavy (non-hydrogen) atoms. The van der Waals surface area contributed by atoms with Crippen LogP contribution in [0.1, 0.15) is 37.3 Å². The van der Waals surface area contributed by atoms with Gasteiger partial charge in [-0.05, 0) is 31.9 Å². The molecule has 0 atom stereocenters. The van der Waals surface area contributed by atoms with E-state index in [0.717, 1.165) is 32.7 Å². The molecule has 0 spiro atoms. The van der Waals surface area contributed by atoms with Crippen LogP contribution in [0.4, 0.5) is 0 Å². The second kappa shape index (κ2) is 11.5. The van der Waals surface area contributed by atoms with Crippen molar-refractivity contribution in [2.75, 3.05) is 19.8 Å². The van der Waals surface area contributed by atoms with Gasteiger partial charge in [0.2, 0.25) is 0 Å². The monoisotopic (exact) mass is 271 g/mol. The van der Waals surface area contributed by atoms with Gasteiger partial charge in [-0.1, -0.05) is 43.2 Å². The molecule has 0 unspecified atom stereocenters. The maximum Gasteiger partial charge on any atom is 0.0478 e. The van der Waals surface area contributed by atoms with Gasteiger partial charge in [-0.15, -0.1) is 12.4 Å². The highest BCUT2D eigenvalue weighted by Crippen LogP contribution is 2.02. The summed E-state index contributed by atoms with van der Waals surface area (Å²) in [6, 6.07) is 8.68. The summed E-state index contributed by atoms with van der Waals surface area (Å²) < 4.78 is 5.50. The van der Waals surface area contributed by atoms with E-state index in [2.05, 4.69) is 43.4 Å². The van der Waals surface area contributed by atoms with Gasteiger partial charge < -0.3 is 10.1 Å².